The number of aryl methyl sites for hydroxylation is 1. The van der Waals surface area contributed by atoms with Crippen molar-refractivity contribution < 1.29 is 4.79 Å². The zero-order valence-corrected chi connectivity index (χ0v) is 13.1. The van der Waals surface area contributed by atoms with Gasteiger partial charge < -0.3 is 4.57 Å². The molecule has 2 aromatic heterocycles. The third-order valence-corrected chi connectivity index (χ3v) is 4.83. The van der Waals surface area contributed by atoms with E-state index in [0.717, 1.165) is 16.4 Å². The Balaban J connectivity index is 1.81. The van der Waals surface area contributed by atoms with Gasteiger partial charge in [-0.3, -0.25) is 10.2 Å². The number of thiocarbonyl (C=S) groups is 1. The van der Waals surface area contributed by atoms with Crippen molar-refractivity contribution in [3.05, 3.63) is 24.3 Å². The Bertz CT molecular complexity index is 921. The number of nitrogens with one attached hydrogen (secondary N) is 1. The summed E-state index contributed by atoms with van der Waals surface area (Å²) in [6.45, 7) is 0. The van der Waals surface area contributed by atoms with Gasteiger partial charge in [-0.05, 0) is 6.07 Å². The molecule has 1 N–H and O–H groups in total. The van der Waals surface area contributed by atoms with Crippen LogP contribution in [0.5, 0.6) is 0 Å². The van der Waals surface area contributed by atoms with E-state index in [-0.39, 0.29) is 11.9 Å². The number of fused-ring (bicyclic) bond motifs is 3. The van der Waals surface area contributed by atoms with Crippen LogP contribution >= 0.6 is 24.0 Å². The maximum Gasteiger partial charge on any atom is 0.264 e. The zero-order chi connectivity index (χ0) is 15.3. The average Bonchev–Trinajstić information content (AvgIpc) is 3.00. The zero-order valence-electron chi connectivity index (χ0n) is 11.5. The molecule has 4 rings (SSSR count). The molecule has 0 radical (unpaired) electrons. The number of hydrogen-bond acceptors (Lipinski definition) is 7. The number of nitrogens with zero attached hydrogens (tertiary/aromatic N) is 5. The molecule has 1 amide bonds. The van der Waals surface area contributed by atoms with Crippen LogP contribution in [0.25, 0.3) is 22.1 Å². The van der Waals surface area contributed by atoms with Crippen LogP contribution in [-0.4, -0.2) is 40.7 Å². The van der Waals surface area contributed by atoms with Gasteiger partial charge in [0.25, 0.3) is 11.9 Å². The van der Waals surface area contributed by atoms with Crippen molar-refractivity contribution >= 4 is 62.2 Å². The van der Waals surface area contributed by atoms with Crippen molar-refractivity contribution in [2.45, 2.75) is 0 Å². The van der Waals surface area contributed by atoms with Crippen LogP contribution in [0.15, 0.2) is 24.3 Å². The largest absolute Gasteiger partial charge is 0.327 e. The Hall–Kier alpha value is -2.26. The molecule has 1 fully saturated rings. The number of thioether (sulfide) groups is 1. The van der Waals surface area contributed by atoms with Gasteiger partial charge in [0.05, 0.1) is 11.3 Å². The average molecular weight is 330 g/mol. The summed E-state index contributed by atoms with van der Waals surface area (Å²) >= 11 is 6.42. The Labute approximate surface area is 134 Å². The quantitative estimate of drug-likeness (QED) is 0.717. The topological polar surface area (TPSA) is 75.9 Å². The highest BCUT2D eigenvalue weighted by Crippen LogP contribution is 2.25. The number of amides is 1. The molecular formula is C13H10N6OS2. The minimum atomic E-state index is -0.115. The molecule has 1 aromatic carbocycles. The van der Waals surface area contributed by atoms with Crippen molar-refractivity contribution in [3.8, 4) is 0 Å². The second kappa shape index (κ2) is 4.89. The Morgan fingerprint density at radius 1 is 1.32 bits per heavy atom. The van der Waals surface area contributed by atoms with Gasteiger partial charge >= 0.3 is 0 Å². The molecule has 0 spiro atoms. The van der Waals surface area contributed by atoms with Crippen LogP contribution < -0.4 is 5.43 Å². The molecule has 3 heterocycles. The van der Waals surface area contributed by atoms with Crippen molar-refractivity contribution in [1.82, 2.24) is 24.8 Å². The maximum absolute atomic E-state index is 11.7. The number of anilines is 1. The third kappa shape index (κ3) is 1.93. The number of hydrazine groups is 1. The van der Waals surface area contributed by atoms with E-state index in [2.05, 4.69) is 20.6 Å². The molecule has 0 aliphatic carbocycles. The standard InChI is InChI=1S/C13H10N6OS2/c1-18-8-5-3-2-4-7(8)10-11(18)14-12(16-15-10)17-19-9(20)6-22-13(19)21/h2-5H,6H2,1H3,(H,14,16,17). The molecule has 3 aromatic rings. The summed E-state index contributed by atoms with van der Waals surface area (Å²) in [6.07, 6.45) is 0. The monoisotopic (exact) mass is 330 g/mol. The lowest BCUT2D eigenvalue weighted by molar-refractivity contribution is -0.123. The minimum Gasteiger partial charge on any atom is -0.327 e. The Kier molecular flexibility index (Phi) is 2.98. The predicted octanol–water partition coefficient (Wildman–Crippen LogP) is 1.70. The van der Waals surface area contributed by atoms with Crippen LogP contribution in [0.1, 0.15) is 0 Å². The normalized spacial score (nSPS) is 15.2. The summed E-state index contributed by atoms with van der Waals surface area (Å²) in [5.41, 5.74) is 5.28. The smallest absolute Gasteiger partial charge is 0.264 e. The molecule has 0 bridgehead atoms. The maximum atomic E-state index is 11.7. The predicted molar refractivity (Wildman–Crippen MR) is 89.3 cm³/mol. The van der Waals surface area contributed by atoms with E-state index in [1.165, 1.54) is 16.8 Å². The number of aromatic nitrogens is 4. The lowest BCUT2D eigenvalue weighted by Crippen LogP contribution is -2.35. The number of rotatable bonds is 2. The first-order chi connectivity index (χ1) is 10.6. The highest BCUT2D eigenvalue weighted by Gasteiger charge is 2.27. The lowest BCUT2D eigenvalue weighted by atomic mass is 10.2. The summed E-state index contributed by atoms with van der Waals surface area (Å²) in [6, 6.07) is 7.90. The van der Waals surface area contributed by atoms with Crippen molar-refractivity contribution in [2.75, 3.05) is 11.2 Å². The van der Waals surface area contributed by atoms with E-state index >= 15 is 0 Å². The van der Waals surface area contributed by atoms with E-state index in [1.54, 1.807) is 0 Å². The number of para-hydroxylation sites is 1. The molecule has 0 atom stereocenters. The van der Waals surface area contributed by atoms with E-state index < -0.39 is 0 Å². The second-order valence-corrected chi connectivity index (χ2v) is 6.39. The molecular weight excluding hydrogens is 320 g/mol. The summed E-state index contributed by atoms with van der Waals surface area (Å²) in [5.74, 6) is 0.461. The molecule has 0 unspecified atom stereocenters. The first kappa shape index (κ1) is 13.4. The molecule has 0 saturated carbocycles. The molecule has 7 nitrogen and oxygen atoms in total. The first-order valence-electron chi connectivity index (χ1n) is 6.49. The fourth-order valence-corrected chi connectivity index (χ4v) is 3.39. The Morgan fingerprint density at radius 3 is 2.91 bits per heavy atom. The van der Waals surface area contributed by atoms with Crippen molar-refractivity contribution in [1.29, 1.82) is 0 Å². The van der Waals surface area contributed by atoms with Gasteiger partial charge in [0, 0.05) is 12.4 Å². The highest BCUT2D eigenvalue weighted by molar-refractivity contribution is 8.23. The summed E-state index contributed by atoms with van der Waals surface area (Å²) < 4.78 is 2.41. The molecule has 1 saturated heterocycles. The van der Waals surface area contributed by atoms with Crippen LogP contribution in [0.3, 0.4) is 0 Å². The molecule has 9 heteroatoms. The van der Waals surface area contributed by atoms with E-state index in [9.17, 15) is 4.79 Å². The van der Waals surface area contributed by atoms with Gasteiger partial charge in [0.15, 0.2) is 9.97 Å². The SMILES string of the molecule is Cn1c2ccccc2c2nnc(NN3C(=O)CSC3=S)nc21. The Morgan fingerprint density at radius 2 is 2.14 bits per heavy atom. The van der Waals surface area contributed by atoms with E-state index in [0.29, 0.717) is 15.7 Å². The number of benzene rings is 1. The number of carbonyl (C=O) groups is 1. The number of carbonyl (C=O) groups excluding carboxylic acids is 1. The van der Waals surface area contributed by atoms with Gasteiger partial charge in [-0.15, -0.1) is 10.2 Å². The summed E-state index contributed by atoms with van der Waals surface area (Å²) in [7, 11) is 1.92. The van der Waals surface area contributed by atoms with Gasteiger partial charge in [-0.1, -0.05) is 42.2 Å². The molecule has 1 aliphatic rings. The van der Waals surface area contributed by atoms with E-state index in [4.69, 9.17) is 12.2 Å². The van der Waals surface area contributed by atoms with Gasteiger partial charge in [-0.25, -0.2) is 5.01 Å². The fraction of sp³-hybridized carbons (Fsp3) is 0.154. The van der Waals surface area contributed by atoms with Crippen molar-refractivity contribution in [3.63, 3.8) is 0 Å². The fourth-order valence-electron chi connectivity index (χ4n) is 2.42. The van der Waals surface area contributed by atoms with Gasteiger partial charge in [0.1, 0.15) is 5.52 Å². The molecule has 1 aliphatic heterocycles. The van der Waals surface area contributed by atoms with Crippen LogP contribution in [-0.2, 0) is 11.8 Å². The first-order valence-corrected chi connectivity index (χ1v) is 7.89. The van der Waals surface area contributed by atoms with Crippen LogP contribution in [0.4, 0.5) is 5.95 Å². The molecule has 22 heavy (non-hydrogen) atoms. The minimum absolute atomic E-state index is 0.115. The van der Waals surface area contributed by atoms with Gasteiger partial charge in [-0.2, -0.15) is 4.98 Å². The highest BCUT2D eigenvalue weighted by atomic mass is 32.2. The number of hydrogen-bond donors (Lipinski definition) is 1. The van der Waals surface area contributed by atoms with Gasteiger partial charge in [0.2, 0.25) is 0 Å². The lowest BCUT2D eigenvalue weighted by Gasteiger charge is -2.15. The van der Waals surface area contributed by atoms with Crippen molar-refractivity contribution in [2.24, 2.45) is 7.05 Å². The van der Waals surface area contributed by atoms with E-state index in [1.807, 2.05) is 35.9 Å². The van der Waals surface area contributed by atoms with Crippen LogP contribution in [0.2, 0.25) is 0 Å². The summed E-state index contributed by atoms with van der Waals surface area (Å²) in [5, 5.41) is 10.6. The molecule has 110 valence electrons. The summed E-state index contributed by atoms with van der Waals surface area (Å²) in [4.78, 5) is 16.2. The second-order valence-electron chi connectivity index (χ2n) is 4.78. The van der Waals surface area contributed by atoms with Crippen LogP contribution in [0, 0.1) is 0 Å². The third-order valence-electron chi connectivity index (χ3n) is 3.47.